The highest BCUT2D eigenvalue weighted by molar-refractivity contribution is 9.10. The Labute approximate surface area is 194 Å². The number of phenolic OH excluding ortho intramolecular Hbond substituents is 1. The van der Waals surface area contributed by atoms with Gasteiger partial charge in [0.25, 0.3) is 5.91 Å². The van der Waals surface area contributed by atoms with E-state index in [2.05, 4.69) is 37.9 Å². The van der Waals surface area contributed by atoms with Crippen LogP contribution in [0, 0.1) is 18.3 Å². The van der Waals surface area contributed by atoms with Crippen molar-refractivity contribution in [2.75, 3.05) is 5.32 Å². The number of nitrogens with zero attached hydrogens (tertiary/aromatic N) is 2. The zero-order chi connectivity index (χ0) is 22.7. The first-order valence-electron chi connectivity index (χ1n) is 10.0. The van der Waals surface area contributed by atoms with Crippen molar-refractivity contribution in [3.8, 4) is 11.8 Å². The number of nitrogens with one attached hydrogen (secondary N) is 1. The number of phenols is 1. The number of aromatic hydroxyl groups is 1. The van der Waals surface area contributed by atoms with Gasteiger partial charge in [0.05, 0.1) is 0 Å². The molecule has 158 valence electrons. The van der Waals surface area contributed by atoms with Gasteiger partial charge in [-0.15, -0.1) is 0 Å². The third kappa shape index (κ3) is 4.43. The van der Waals surface area contributed by atoms with E-state index in [1.807, 2.05) is 49.4 Å². The van der Waals surface area contributed by atoms with Gasteiger partial charge in [-0.05, 0) is 61.0 Å². The smallest absolute Gasteiger partial charge is 0.266 e. The Bertz CT molecular complexity index is 1360. The molecule has 0 aliphatic carbocycles. The van der Waals surface area contributed by atoms with Gasteiger partial charge in [0.15, 0.2) is 0 Å². The first kappa shape index (κ1) is 21.4. The number of para-hydroxylation sites is 1. The molecule has 6 heteroatoms. The summed E-state index contributed by atoms with van der Waals surface area (Å²) in [5.41, 5.74) is 4.51. The van der Waals surface area contributed by atoms with Gasteiger partial charge in [0.1, 0.15) is 17.4 Å². The lowest BCUT2D eigenvalue weighted by molar-refractivity contribution is -0.112. The van der Waals surface area contributed by atoms with Crippen LogP contribution in [-0.2, 0) is 11.3 Å². The van der Waals surface area contributed by atoms with Gasteiger partial charge < -0.3 is 15.0 Å². The van der Waals surface area contributed by atoms with Crippen molar-refractivity contribution in [1.29, 1.82) is 5.26 Å². The Morgan fingerprint density at radius 2 is 1.78 bits per heavy atom. The van der Waals surface area contributed by atoms with E-state index in [-0.39, 0.29) is 11.3 Å². The molecule has 0 bridgehead atoms. The standard InChI is InChI=1S/C26H20BrN3O2/c1-17-24(14-19(15-28)26(32)29-21-10-12-22(31)13-11-21)23-4-2-3-5-25(23)30(17)16-18-6-8-20(27)9-7-18/h2-14,31H,16H2,1H3,(H,29,32)/b19-14-. The molecule has 0 fully saturated rings. The van der Waals surface area contributed by atoms with Crippen LogP contribution in [0.4, 0.5) is 5.69 Å². The second kappa shape index (κ2) is 9.13. The molecule has 0 saturated heterocycles. The summed E-state index contributed by atoms with van der Waals surface area (Å²) < 4.78 is 3.22. The maximum absolute atomic E-state index is 12.7. The number of amides is 1. The van der Waals surface area contributed by atoms with Gasteiger partial charge in [-0.2, -0.15) is 5.26 Å². The Kier molecular flexibility index (Phi) is 6.11. The van der Waals surface area contributed by atoms with Gasteiger partial charge in [-0.1, -0.05) is 46.3 Å². The second-order valence-corrected chi connectivity index (χ2v) is 8.32. The van der Waals surface area contributed by atoms with Crippen LogP contribution in [0.1, 0.15) is 16.8 Å². The van der Waals surface area contributed by atoms with Crippen molar-refractivity contribution >= 4 is 44.5 Å². The molecule has 4 aromatic rings. The number of benzene rings is 3. The predicted octanol–water partition coefficient (Wildman–Crippen LogP) is 6.01. The lowest BCUT2D eigenvalue weighted by atomic mass is 10.1. The second-order valence-electron chi connectivity index (χ2n) is 7.40. The molecule has 0 aliphatic heterocycles. The number of fused-ring (bicyclic) bond motifs is 1. The Morgan fingerprint density at radius 3 is 2.47 bits per heavy atom. The third-order valence-electron chi connectivity index (χ3n) is 5.31. The fourth-order valence-electron chi connectivity index (χ4n) is 3.65. The van der Waals surface area contributed by atoms with Crippen molar-refractivity contribution in [2.24, 2.45) is 0 Å². The van der Waals surface area contributed by atoms with E-state index in [0.717, 1.165) is 32.2 Å². The molecule has 3 aromatic carbocycles. The first-order valence-corrected chi connectivity index (χ1v) is 10.8. The van der Waals surface area contributed by atoms with Crippen LogP contribution in [0.2, 0.25) is 0 Å². The zero-order valence-corrected chi connectivity index (χ0v) is 18.9. The van der Waals surface area contributed by atoms with Crippen LogP contribution in [0.3, 0.4) is 0 Å². The Morgan fingerprint density at radius 1 is 1.09 bits per heavy atom. The summed E-state index contributed by atoms with van der Waals surface area (Å²) in [4.78, 5) is 12.7. The number of nitriles is 1. The molecule has 5 nitrogen and oxygen atoms in total. The molecular weight excluding hydrogens is 466 g/mol. The maximum Gasteiger partial charge on any atom is 0.266 e. The number of hydrogen-bond donors (Lipinski definition) is 2. The number of carbonyl (C=O) groups excluding carboxylic acids is 1. The average Bonchev–Trinajstić information content (AvgIpc) is 3.06. The van der Waals surface area contributed by atoms with E-state index in [1.54, 1.807) is 18.2 Å². The average molecular weight is 486 g/mol. The summed E-state index contributed by atoms with van der Waals surface area (Å²) in [5, 5.41) is 22.8. The van der Waals surface area contributed by atoms with Crippen molar-refractivity contribution in [1.82, 2.24) is 4.57 Å². The summed E-state index contributed by atoms with van der Waals surface area (Å²) in [7, 11) is 0. The Hall–Kier alpha value is -3.82. The van der Waals surface area contributed by atoms with Gasteiger partial charge in [-0.25, -0.2) is 0 Å². The van der Waals surface area contributed by atoms with Crippen molar-refractivity contribution in [3.05, 3.63) is 99.7 Å². The van der Waals surface area contributed by atoms with Crippen molar-refractivity contribution in [3.63, 3.8) is 0 Å². The molecule has 0 saturated carbocycles. The number of anilines is 1. The van der Waals surface area contributed by atoms with Crippen LogP contribution in [0.15, 0.2) is 82.8 Å². The fraction of sp³-hybridized carbons (Fsp3) is 0.0769. The van der Waals surface area contributed by atoms with E-state index in [0.29, 0.717) is 12.2 Å². The van der Waals surface area contributed by atoms with Crippen molar-refractivity contribution in [2.45, 2.75) is 13.5 Å². The normalized spacial score (nSPS) is 11.3. The number of carbonyl (C=O) groups is 1. The molecule has 1 heterocycles. The van der Waals surface area contributed by atoms with Crippen LogP contribution in [0.5, 0.6) is 5.75 Å². The van der Waals surface area contributed by atoms with E-state index in [9.17, 15) is 15.2 Å². The topological polar surface area (TPSA) is 78.1 Å². The molecule has 0 radical (unpaired) electrons. The largest absolute Gasteiger partial charge is 0.508 e. The molecule has 0 aliphatic rings. The van der Waals surface area contributed by atoms with Gasteiger partial charge in [0.2, 0.25) is 0 Å². The molecule has 1 amide bonds. The summed E-state index contributed by atoms with van der Waals surface area (Å²) in [6.45, 7) is 2.67. The lowest BCUT2D eigenvalue weighted by Crippen LogP contribution is -2.13. The highest BCUT2D eigenvalue weighted by atomic mass is 79.9. The molecule has 1 aromatic heterocycles. The molecule has 4 rings (SSSR count). The van der Waals surface area contributed by atoms with E-state index in [4.69, 9.17) is 0 Å². The van der Waals surface area contributed by atoms with E-state index >= 15 is 0 Å². The number of hydrogen-bond acceptors (Lipinski definition) is 3. The third-order valence-corrected chi connectivity index (χ3v) is 5.84. The fourth-order valence-corrected chi connectivity index (χ4v) is 3.92. The monoisotopic (exact) mass is 485 g/mol. The highest BCUT2D eigenvalue weighted by Crippen LogP contribution is 2.29. The number of halogens is 1. The maximum atomic E-state index is 12.7. The van der Waals surface area contributed by atoms with Crippen LogP contribution in [0.25, 0.3) is 17.0 Å². The quantitative estimate of drug-likeness (QED) is 0.206. The van der Waals surface area contributed by atoms with Crippen LogP contribution >= 0.6 is 15.9 Å². The first-order chi connectivity index (χ1) is 15.5. The van der Waals surface area contributed by atoms with Gasteiger partial charge in [0, 0.05) is 38.9 Å². The Balaban J connectivity index is 1.72. The summed E-state index contributed by atoms with van der Waals surface area (Å²) in [6.07, 6.45) is 1.64. The van der Waals surface area contributed by atoms with Gasteiger partial charge in [-0.3, -0.25) is 4.79 Å². The van der Waals surface area contributed by atoms with Crippen molar-refractivity contribution < 1.29 is 9.90 Å². The molecule has 32 heavy (non-hydrogen) atoms. The SMILES string of the molecule is Cc1c(/C=C(/C#N)C(=O)Nc2ccc(O)cc2)c2ccccc2n1Cc1ccc(Br)cc1. The molecule has 0 unspecified atom stereocenters. The van der Waals surface area contributed by atoms with Crippen LogP contribution in [-0.4, -0.2) is 15.6 Å². The minimum absolute atomic E-state index is 0.00715. The number of aromatic nitrogens is 1. The molecular formula is C26H20BrN3O2. The predicted molar refractivity (Wildman–Crippen MR) is 130 cm³/mol. The highest BCUT2D eigenvalue weighted by Gasteiger charge is 2.16. The minimum Gasteiger partial charge on any atom is -0.508 e. The summed E-state index contributed by atoms with van der Waals surface area (Å²) in [6, 6.07) is 24.3. The summed E-state index contributed by atoms with van der Waals surface area (Å²) in [5.74, 6) is -0.393. The van der Waals surface area contributed by atoms with E-state index in [1.165, 1.54) is 12.1 Å². The molecule has 0 spiro atoms. The summed E-state index contributed by atoms with van der Waals surface area (Å²) >= 11 is 3.47. The zero-order valence-electron chi connectivity index (χ0n) is 17.3. The minimum atomic E-state index is -0.498. The van der Waals surface area contributed by atoms with Gasteiger partial charge >= 0.3 is 0 Å². The molecule has 0 atom stereocenters. The number of rotatable bonds is 5. The van der Waals surface area contributed by atoms with Crippen LogP contribution < -0.4 is 5.32 Å². The lowest BCUT2D eigenvalue weighted by Gasteiger charge is -2.09. The van der Waals surface area contributed by atoms with E-state index < -0.39 is 5.91 Å². The molecule has 2 N–H and O–H groups in total.